The summed E-state index contributed by atoms with van der Waals surface area (Å²) < 4.78 is 99.3. The monoisotopic (exact) mass is 352 g/mol. The van der Waals surface area contributed by atoms with Crippen molar-refractivity contribution in [2.45, 2.75) is 24.6 Å². The first-order valence-electron chi connectivity index (χ1n) is 6.80. The molecule has 2 rings (SSSR count). The van der Waals surface area contributed by atoms with Crippen LogP contribution in [0.1, 0.15) is 0 Å². The van der Waals surface area contributed by atoms with Gasteiger partial charge in [-0.25, -0.2) is 4.39 Å². The van der Waals surface area contributed by atoms with Gasteiger partial charge in [0.15, 0.2) is 12.2 Å². The summed E-state index contributed by atoms with van der Waals surface area (Å²) in [5.41, 5.74) is 0. The zero-order valence-electron chi connectivity index (χ0n) is 11.8. The summed E-state index contributed by atoms with van der Waals surface area (Å²) in [6, 6.07) is 0. The van der Waals surface area contributed by atoms with E-state index in [0.29, 0.717) is 0 Å². The molecule has 0 amide bonds. The van der Waals surface area contributed by atoms with E-state index in [1.165, 1.54) is 4.90 Å². The first-order chi connectivity index (χ1) is 10.6. The molecule has 2 aliphatic heterocycles. The average Bonchev–Trinajstić information content (AvgIpc) is 2.47. The van der Waals surface area contributed by atoms with Crippen molar-refractivity contribution in [2.75, 3.05) is 39.4 Å². The largest absolute Gasteiger partial charge is 0.416 e. The van der Waals surface area contributed by atoms with Crippen molar-refractivity contribution in [1.82, 2.24) is 9.80 Å². The lowest BCUT2D eigenvalue weighted by molar-refractivity contribution is -0.305. The average molecular weight is 352 g/mol. The molecule has 2 fully saturated rings. The van der Waals surface area contributed by atoms with Crippen LogP contribution in [0.25, 0.3) is 0 Å². The van der Waals surface area contributed by atoms with Crippen LogP contribution in [0.5, 0.6) is 0 Å². The van der Waals surface area contributed by atoms with Crippen LogP contribution in [0.2, 0.25) is 0 Å². The Morgan fingerprint density at radius 3 is 1.74 bits per heavy atom. The van der Waals surface area contributed by atoms with Gasteiger partial charge in [0, 0.05) is 13.1 Å². The van der Waals surface area contributed by atoms with Gasteiger partial charge in [0.05, 0.1) is 26.3 Å². The smallest absolute Gasteiger partial charge is 0.378 e. The first kappa shape index (κ1) is 18.1. The summed E-state index contributed by atoms with van der Waals surface area (Å²) in [5.74, 6) is -0.319. The van der Waals surface area contributed by atoms with E-state index in [9.17, 15) is 30.7 Å². The number of alkyl halides is 6. The summed E-state index contributed by atoms with van der Waals surface area (Å²) in [4.78, 5) is 2.08. The summed E-state index contributed by atoms with van der Waals surface area (Å²) in [6.07, 6.45) is -15.2. The van der Waals surface area contributed by atoms with Gasteiger partial charge in [0.2, 0.25) is 0 Å². The topological polar surface area (TPSA) is 24.9 Å². The van der Waals surface area contributed by atoms with Crippen molar-refractivity contribution in [1.29, 1.82) is 0 Å². The molecule has 11 heteroatoms. The number of ether oxygens (including phenoxy) is 2. The zero-order chi connectivity index (χ0) is 17.3. The second-order valence-electron chi connectivity index (χ2n) is 5.17. The molecule has 2 heterocycles. The van der Waals surface area contributed by atoms with Crippen molar-refractivity contribution < 1.29 is 40.2 Å². The second-order valence-corrected chi connectivity index (χ2v) is 5.17. The maximum absolute atomic E-state index is 13.2. The quantitative estimate of drug-likeness (QED) is 0.712. The molecule has 0 bridgehead atoms. The van der Waals surface area contributed by atoms with E-state index in [1.807, 2.05) is 0 Å². The SMILES string of the molecule is F/C=C(/N1CCOCC1)N1CC(C(F)(F)F)OC(C(F)(F)F)C1. The van der Waals surface area contributed by atoms with Crippen LogP contribution in [0.3, 0.4) is 0 Å². The van der Waals surface area contributed by atoms with E-state index in [1.54, 1.807) is 0 Å². The Bertz CT molecular complexity index is 410. The van der Waals surface area contributed by atoms with Gasteiger partial charge in [0.1, 0.15) is 12.2 Å². The normalized spacial score (nSPS) is 28.2. The molecule has 0 saturated carbocycles. The predicted molar refractivity (Wildman–Crippen MR) is 63.9 cm³/mol. The molecule has 4 nitrogen and oxygen atoms in total. The summed E-state index contributed by atoms with van der Waals surface area (Å²) in [5, 5.41) is 0. The molecule has 0 radical (unpaired) electrons. The predicted octanol–water partition coefficient (Wildman–Crippen LogP) is 2.28. The lowest BCUT2D eigenvalue weighted by atomic mass is 10.2. The van der Waals surface area contributed by atoms with Crippen LogP contribution < -0.4 is 0 Å². The fraction of sp³-hybridized carbons (Fsp3) is 0.833. The Kier molecular flexibility index (Phi) is 5.29. The van der Waals surface area contributed by atoms with Gasteiger partial charge in [-0.2, -0.15) is 26.3 Å². The van der Waals surface area contributed by atoms with E-state index in [-0.39, 0.29) is 38.5 Å². The molecule has 0 N–H and O–H groups in total. The summed E-state index contributed by atoms with van der Waals surface area (Å²) in [6.45, 7) is -1.01. The Labute approximate surface area is 127 Å². The van der Waals surface area contributed by atoms with Gasteiger partial charge >= 0.3 is 12.4 Å². The number of halogens is 7. The van der Waals surface area contributed by atoms with Crippen LogP contribution in [0.4, 0.5) is 30.7 Å². The molecule has 2 aliphatic rings. The first-order valence-corrected chi connectivity index (χ1v) is 6.80. The maximum Gasteiger partial charge on any atom is 0.416 e. The molecule has 2 saturated heterocycles. The zero-order valence-corrected chi connectivity index (χ0v) is 11.8. The van der Waals surface area contributed by atoms with Gasteiger partial charge in [0.25, 0.3) is 0 Å². The molecule has 0 aromatic heterocycles. The van der Waals surface area contributed by atoms with Crippen LogP contribution in [0, 0.1) is 0 Å². The lowest BCUT2D eigenvalue weighted by Crippen LogP contribution is -2.58. The number of morpholine rings is 2. The highest BCUT2D eigenvalue weighted by Gasteiger charge is 2.53. The third-order valence-corrected chi connectivity index (χ3v) is 3.59. The lowest BCUT2D eigenvalue weighted by Gasteiger charge is -2.44. The van der Waals surface area contributed by atoms with Crippen LogP contribution in [0.15, 0.2) is 12.2 Å². The van der Waals surface area contributed by atoms with E-state index in [0.717, 1.165) is 4.90 Å². The van der Waals surface area contributed by atoms with Crippen molar-refractivity contribution >= 4 is 0 Å². The molecule has 2 atom stereocenters. The number of hydrogen-bond donors (Lipinski definition) is 0. The minimum atomic E-state index is -4.98. The van der Waals surface area contributed by atoms with E-state index >= 15 is 0 Å². The Morgan fingerprint density at radius 1 is 0.870 bits per heavy atom. The summed E-state index contributed by atoms with van der Waals surface area (Å²) >= 11 is 0. The van der Waals surface area contributed by atoms with Crippen molar-refractivity contribution in [3.8, 4) is 0 Å². The third-order valence-electron chi connectivity index (χ3n) is 3.59. The van der Waals surface area contributed by atoms with E-state index in [4.69, 9.17) is 4.74 Å². The molecule has 134 valence electrons. The highest BCUT2D eigenvalue weighted by atomic mass is 19.4. The Morgan fingerprint density at radius 2 is 1.35 bits per heavy atom. The maximum atomic E-state index is 13.2. The van der Waals surface area contributed by atoms with Gasteiger partial charge < -0.3 is 19.3 Å². The van der Waals surface area contributed by atoms with Gasteiger partial charge in [-0.3, -0.25) is 0 Å². The number of hydrogen-bond acceptors (Lipinski definition) is 4. The van der Waals surface area contributed by atoms with Crippen molar-refractivity contribution in [2.24, 2.45) is 0 Å². The standard InChI is InChI=1S/C12H15F7N2O2/c13-5-10(20-1-3-22-4-2-20)21-6-8(11(14,15)16)23-9(7-21)12(17,18)19/h5,8-9H,1-4,6-7H2/b10-5-. The van der Waals surface area contributed by atoms with Crippen molar-refractivity contribution in [3.05, 3.63) is 12.2 Å². The van der Waals surface area contributed by atoms with Gasteiger partial charge in [-0.1, -0.05) is 0 Å². The van der Waals surface area contributed by atoms with Crippen molar-refractivity contribution in [3.63, 3.8) is 0 Å². The molecule has 0 spiro atoms. The van der Waals surface area contributed by atoms with Gasteiger partial charge in [-0.15, -0.1) is 0 Å². The molecular formula is C12H15F7N2O2. The van der Waals surface area contributed by atoms with Crippen LogP contribution >= 0.6 is 0 Å². The Hall–Kier alpha value is -1.23. The highest BCUT2D eigenvalue weighted by Crippen LogP contribution is 2.35. The third kappa shape index (κ3) is 4.40. The molecule has 23 heavy (non-hydrogen) atoms. The van der Waals surface area contributed by atoms with Crippen LogP contribution in [-0.2, 0) is 9.47 Å². The minimum absolute atomic E-state index is 0.0253. The molecule has 0 aromatic rings. The molecule has 0 aliphatic carbocycles. The number of nitrogens with zero attached hydrogens (tertiary/aromatic N) is 2. The second kappa shape index (κ2) is 6.71. The van der Waals surface area contributed by atoms with E-state index in [2.05, 4.69) is 4.74 Å². The fourth-order valence-corrected chi connectivity index (χ4v) is 2.44. The minimum Gasteiger partial charge on any atom is -0.378 e. The molecule has 0 aromatic carbocycles. The van der Waals surface area contributed by atoms with E-state index < -0.39 is 37.7 Å². The molecule has 2 unspecified atom stereocenters. The number of rotatable bonds is 2. The fourth-order valence-electron chi connectivity index (χ4n) is 2.44. The summed E-state index contributed by atoms with van der Waals surface area (Å²) in [7, 11) is 0. The Balaban J connectivity index is 2.20. The van der Waals surface area contributed by atoms with Crippen LogP contribution in [-0.4, -0.2) is 73.8 Å². The van der Waals surface area contributed by atoms with Gasteiger partial charge in [-0.05, 0) is 0 Å². The highest BCUT2D eigenvalue weighted by molar-refractivity contribution is 5.02. The molecular weight excluding hydrogens is 337 g/mol.